The van der Waals surface area contributed by atoms with Gasteiger partial charge in [0.05, 0.1) is 19.6 Å². The van der Waals surface area contributed by atoms with Gasteiger partial charge in [0.15, 0.2) is 11.5 Å². The van der Waals surface area contributed by atoms with Crippen LogP contribution < -0.4 is 9.47 Å². The van der Waals surface area contributed by atoms with Crippen LogP contribution >= 0.6 is 15.9 Å². The number of hydrogen-bond acceptors (Lipinski definition) is 3. The minimum atomic E-state index is -0.848. The number of carboxylic acids is 1. The highest BCUT2D eigenvalue weighted by Gasteiger charge is 2.49. The zero-order valence-corrected chi connectivity index (χ0v) is 11.9. The van der Waals surface area contributed by atoms with Crippen molar-refractivity contribution in [1.82, 2.24) is 0 Å². The Labute approximate surface area is 114 Å². The first kappa shape index (κ1) is 13.2. The largest absolute Gasteiger partial charge is 0.493 e. The summed E-state index contributed by atoms with van der Waals surface area (Å²) in [5.41, 5.74) is -0.165. The van der Waals surface area contributed by atoms with Gasteiger partial charge in [-0.3, -0.25) is 4.79 Å². The quantitative estimate of drug-likeness (QED) is 0.928. The number of ether oxygens (including phenoxy) is 2. The molecule has 1 aromatic carbocycles. The summed E-state index contributed by atoms with van der Waals surface area (Å²) >= 11 is 3.43. The molecule has 0 aliphatic heterocycles. The summed E-state index contributed by atoms with van der Waals surface area (Å²) in [5.74, 6) is 0.262. The van der Waals surface area contributed by atoms with Gasteiger partial charge in [0.1, 0.15) is 0 Å². The van der Waals surface area contributed by atoms with Crippen molar-refractivity contribution < 1.29 is 19.4 Å². The van der Waals surface area contributed by atoms with Gasteiger partial charge >= 0.3 is 5.97 Å². The van der Waals surface area contributed by atoms with E-state index in [4.69, 9.17) is 9.47 Å². The predicted molar refractivity (Wildman–Crippen MR) is 70.4 cm³/mol. The highest BCUT2D eigenvalue weighted by Crippen LogP contribution is 2.52. The molecule has 1 aromatic rings. The lowest BCUT2D eigenvalue weighted by molar-refractivity contribution is -0.147. The number of halogens is 1. The first-order valence-electron chi connectivity index (χ1n) is 5.71. The van der Waals surface area contributed by atoms with Crippen LogP contribution in [0, 0.1) is 0 Å². The van der Waals surface area contributed by atoms with Crippen molar-refractivity contribution in [2.75, 3.05) is 14.2 Å². The Hall–Kier alpha value is -1.23. The first-order chi connectivity index (χ1) is 8.56. The van der Waals surface area contributed by atoms with Crippen LogP contribution in [0.2, 0.25) is 0 Å². The fourth-order valence-corrected chi connectivity index (χ4v) is 3.14. The Morgan fingerprint density at radius 1 is 1.33 bits per heavy atom. The molecule has 98 valence electrons. The van der Waals surface area contributed by atoms with E-state index in [9.17, 15) is 9.90 Å². The van der Waals surface area contributed by atoms with Crippen LogP contribution in [-0.4, -0.2) is 25.3 Å². The van der Waals surface area contributed by atoms with Crippen LogP contribution in [-0.2, 0) is 10.2 Å². The van der Waals surface area contributed by atoms with Gasteiger partial charge in [0, 0.05) is 10.0 Å². The molecule has 0 radical (unpaired) electrons. The average molecular weight is 315 g/mol. The van der Waals surface area contributed by atoms with Crippen LogP contribution in [0.5, 0.6) is 11.5 Å². The number of rotatable bonds is 4. The molecule has 0 heterocycles. The molecule has 2 rings (SSSR count). The lowest BCUT2D eigenvalue weighted by atomic mass is 9.64. The van der Waals surface area contributed by atoms with Crippen LogP contribution in [0.4, 0.5) is 0 Å². The molecule has 0 bridgehead atoms. The van der Waals surface area contributed by atoms with Crippen molar-refractivity contribution in [1.29, 1.82) is 0 Å². The van der Waals surface area contributed by atoms with E-state index in [1.165, 1.54) is 7.11 Å². The van der Waals surface area contributed by atoms with E-state index in [0.717, 1.165) is 10.9 Å². The second kappa shape index (κ2) is 4.80. The minimum Gasteiger partial charge on any atom is -0.493 e. The Kier molecular flexibility index (Phi) is 3.52. The molecule has 0 aromatic heterocycles. The van der Waals surface area contributed by atoms with Gasteiger partial charge in [-0.25, -0.2) is 0 Å². The summed E-state index contributed by atoms with van der Waals surface area (Å²) in [4.78, 5) is 11.6. The van der Waals surface area contributed by atoms with Gasteiger partial charge in [-0.15, -0.1) is 0 Å². The Balaban J connectivity index is 2.65. The van der Waals surface area contributed by atoms with Crippen molar-refractivity contribution in [3.8, 4) is 11.5 Å². The Morgan fingerprint density at radius 3 is 2.39 bits per heavy atom. The molecule has 18 heavy (non-hydrogen) atoms. The zero-order valence-electron chi connectivity index (χ0n) is 10.3. The number of methoxy groups -OCH3 is 2. The Morgan fingerprint density at radius 2 is 2.00 bits per heavy atom. The molecule has 0 atom stereocenters. The van der Waals surface area contributed by atoms with E-state index < -0.39 is 11.4 Å². The van der Waals surface area contributed by atoms with Crippen LogP contribution in [0.1, 0.15) is 24.8 Å². The van der Waals surface area contributed by atoms with E-state index in [0.29, 0.717) is 29.9 Å². The number of benzene rings is 1. The average Bonchev–Trinajstić information content (AvgIpc) is 2.29. The van der Waals surface area contributed by atoms with Gasteiger partial charge in [-0.2, -0.15) is 0 Å². The third kappa shape index (κ3) is 1.77. The third-order valence-electron chi connectivity index (χ3n) is 3.59. The Bertz CT molecular complexity index is 480. The normalized spacial score (nSPS) is 16.8. The summed E-state index contributed by atoms with van der Waals surface area (Å²) in [5, 5.41) is 9.53. The zero-order chi connectivity index (χ0) is 13.3. The van der Waals surface area contributed by atoms with Gasteiger partial charge in [-0.1, -0.05) is 22.4 Å². The highest BCUT2D eigenvalue weighted by atomic mass is 79.9. The second-order valence-corrected chi connectivity index (χ2v) is 5.25. The summed E-state index contributed by atoms with van der Waals surface area (Å²) in [6, 6.07) is 3.57. The number of aliphatic carboxylic acids is 1. The smallest absolute Gasteiger partial charge is 0.314 e. The lowest BCUT2D eigenvalue weighted by Gasteiger charge is -2.39. The molecule has 1 aliphatic carbocycles. The van der Waals surface area contributed by atoms with E-state index in [2.05, 4.69) is 15.9 Å². The monoisotopic (exact) mass is 314 g/mol. The molecule has 0 unspecified atom stereocenters. The van der Waals surface area contributed by atoms with Gasteiger partial charge in [-0.05, 0) is 25.0 Å². The molecule has 5 heteroatoms. The second-order valence-electron chi connectivity index (χ2n) is 4.40. The van der Waals surface area contributed by atoms with Crippen molar-refractivity contribution in [3.05, 3.63) is 22.2 Å². The molecule has 0 spiro atoms. The minimum absolute atomic E-state index is 0.508. The maximum absolute atomic E-state index is 11.6. The number of hydrogen-bond donors (Lipinski definition) is 1. The maximum Gasteiger partial charge on any atom is 0.314 e. The number of carbonyl (C=O) groups is 1. The molecule has 1 aliphatic rings. The fourth-order valence-electron chi connectivity index (χ4n) is 2.45. The first-order valence-corrected chi connectivity index (χ1v) is 6.50. The van der Waals surface area contributed by atoms with E-state index >= 15 is 0 Å². The van der Waals surface area contributed by atoms with Crippen LogP contribution in [0.15, 0.2) is 16.6 Å². The number of carboxylic acid groups (broad SMARTS) is 1. The van der Waals surface area contributed by atoms with Gasteiger partial charge in [0.2, 0.25) is 0 Å². The van der Waals surface area contributed by atoms with Crippen molar-refractivity contribution in [2.24, 2.45) is 0 Å². The molecular weight excluding hydrogens is 300 g/mol. The van der Waals surface area contributed by atoms with Gasteiger partial charge < -0.3 is 14.6 Å². The van der Waals surface area contributed by atoms with E-state index in [1.54, 1.807) is 19.2 Å². The topological polar surface area (TPSA) is 55.8 Å². The molecule has 1 saturated carbocycles. The van der Waals surface area contributed by atoms with Crippen molar-refractivity contribution >= 4 is 21.9 Å². The molecular formula is C13H15BrO4. The summed E-state index contributed by atoms with van der Waals surface area (Å²) in [7, 11) is 3.08. The lowest BCUT2D eigenvalue weighted by Crippen LogP contribution is -2.43. The molecule has 1 N–H and O–H groups in total. The van der Waals surface area contributed by atoms with Crippen molar-refractivity contribution in [3.63, 3.8) is 0 Å². The molecule has 4 nitrogen and oxygen atoms in total. The summed E-state index contributed by atoms with van der Waals surface area (Å²) in [6.07, 6.45) is 2.17. The molecule has 1 fully saturated rings. The fraction of sp³-hybridized carbons (Fsp3) is 0.462. The van der Waals surface area contributed by atoms with E-state index in [-0.39, 0.29) is 0 Å². The molecule has 0 amide bonds. The third-order valence-corrected chi connectivity index (χ3v) is 4.25. The standard InChI is InChI=1S/C13H15BrO4/c1-17-9-5-4-8(14)10(11(9)18-2)13(12(15)16)6-3-7-13/h4-5H,3,6-7H2,1-2H3,(H,15,16). The van der Waals surface area contributed by atoms with Crippen LogP contribution in [0.3, 0.4) is 0 Å². The van der Waals surface area contributed by atoms with E-state index in [1.807, 2.05) is 0 Å². The maximum atomic E-state index is 11.6. The van der Waals surface area contributed by atoms with Crippen LogP contribution in [0.25, 0.3) is 0 Å². The predicted octanol–water partition coefficient (Wildman–Crippen LogP) is 2.97. The van der Waals surface area contributed by atoms with Crippen molar-refractivity contribution in [2.45, 2.75) is 24.7 Å². The summed E-state index contributed by atoms with van der Waals surface area (Å²) in [6.45, 7) is 0. The highest BCUT2D eigenvalue weighted by molar-refractivity contribution is 9.10. The SMILES string of the molecule is COc1ccc(Br)c(C2(C(=O)O)CCC2)c1OC. The summed E-state index contributed by atoms with van der Waals surface area (Å²) < 4.78 is 11.4. The van der Waals surface area contributed by atoms with Gasteiger partial charge in [0.25, 0.3) is 0 Å². The molecule has 0 saturated heterocycles.